The van der Waals surface area contributed by atoms with Gasteiger partial charge in [-0.05, 0) is 29.8 Å². The molecule has 7 nitrogen and oxygen atoms in total. The van der Waals surface area contributed by atoms with Crippen molar-refractivity contribution in [1.82, 2.24) is 0 Å². The summed E-state index contributed by atoms with van der Waals surface area (Å²) < 4.78 is 11.0. The lowest BCUT2D eigenvalue weighted by Crippen LogP contribution is -2.40. The Hall–Kier alpha value is -1.93. The maximum Gasteiger partial charge on any atom is 0.341 e. The maximum absolute atomic E-state index is 11.1. The number of carboxylic acids is 1. The van der Waals surface area contributed by atoms with E-state index in [9.17, 15) is 14.9 Å². The van der Waals surface area contributed by atoms with Gasteiger partial charge in [-0.3, -0.25) is 10.1 Å². The molecule has 1 aromatic rings. The minimum absolute atomic E-state index is 0.0451. The van der Waals surface area contributed by atoms with Crippen molar-refractivity contribution in [3.05, 3.63) is 33.9 Å². The number of rotatable bonds is 7. The molecule has 0 aliphatic rings. The number of hydrogen-bond donors (Lipinski definition) is 1. The third kappa shape index (κ3) is 5.33. The van der Waals surface area contributed by atoms with Gasteiger partial charge in [-0.15, -0.1) is 0 Å². The van der Waals surface area contributed by atoms with Crippen molar-refractivity contribution < 1.29 is 24.0 Å². The summed E-state index contributed by atoms with van der Waals surface area (Å²) in [5, 5.41) is 19.8. The molecule has 0 saturated carbocycles. The highest BCUT2D eigenvalue weighted by atomic mass is 28.4. The molecule has 0 saturated heterocycles. The zero-order valence-electron chi connectivity index (χ0n) is 14.1. The highest BCUT2D eigenvalue weighted by Gasteiger charge is 2.37. The van der Waals surface area contributed by atoms with Gasteiger partial charge in [-0.2, -0.15) is 0 Å². The summed E-state index contributed by atoms with van der Waals surface area (Å²) in [6.07, 6.45) is 0. The van der Waals surface area contributed by atoms with Gasteiger partial charge in [-0.1, -0.05) is 26.8 Å². The van der Waals surface area contributed by atoms with E-state index in [1.54, 1.807) is 6.07 Å². The number of nitro groups is 1. The van der Waals surface area contributed by atoms with Gasteiger partial charge >= 0.3 is 11.7 Å². The van der Waals surface area contributed by atoms with Crippen LogP contribution in [0.25, 0.3) is 0 Å². The van der Waals surface area contributed by atoms with Gasteiger partial charge in [0.2, 0.25) is 0 Å². The predicted octanol–water partition coefficient (Wildman–Crippen LogP) is 3.58. The Labute approximate surface area is 136 Å². The molecule has 23 heavy (non-hydrogen) atoms. The zero-order chi connectivity index (χ0) is 17.8. The second-order valence-electron chi connectivity index (χ2n) is 6.79. The minimum Gasteiger partial charge on any atom is -0.479 e. The molecule has 0 atom stereocenters. The smallest absolute Gasteiger partial charge is 0.341 e. The molecule has 0 unspecified atom stereocenters. The molecule has 1 N–H and O–H groups in total. The Morgan fingerprint density at radius 1 is 1.35 bits per heavy atom. The van der Waals surface area contributed by atoms with Crippen molar-refractivity contribution >= 4 is 20.0 Å². The molecule has 0 amide bonds. The van der Waals surface area contributed by atoms with Crippen LogP contribution in [0.3, 0.4) is 0 Å². The minimum atomic E-state index is -1.95. The summed E-state index contributed by atoms with van der Waals surface area (Å²) in [7, 11) is -1.95. The Bertz CT molecular complexity index is 594. The number of benzene rings is 1. The molecule has 0 spiro atoms. The van der Waals surface area contributed by atoms with E-state index in [0.29, 0.717) is 5.56 Å². The first-order chi connectivity index (χ1) is 10.4. The Morgan fingerprint density at radius 2 is 1.96 bits per heavy atom. The quantitative estimate of drug-likeness (QED) is 0.462. The summed E-state index contributed by atoms with van der Waals surface area (Å²) in [6.45, 7) is 10.2. The lowest BCUT2D eigenvalue weighted by molar-refractivity contribution is -0.385. The first-order valence-electron chi connectivity index (χ1n) is 7.20. The van der Waals surface area contributed by atoms with E-state index < -0.39 is 25.8 Å². The van der Waals surface area contributed by atoms with Gasteiger partial charge in [0.25, 0.3) is 0 Å². The van der Waals surface area contributed by atoms with Crippen LogP contribution in [0, 0.1) is 10.1 Å². The van der Waals surface area contributed by atoms with Crippen molar-refractivity contribution in [2.75, 3.05) is 6.61 Å². The lowest BCUT2D eigenvalue weighted by Gasteiger charge is -2.36. The molecule has 0 aliphatic heterocycles. The van der Waals surface area contributed by atoms with Gasteiger partial charge in [0.15, 0.2) is 20.7 Å². The molecular weight excluding hydrogens is 318 g/mol. The van der Waals surface area contributed by atoms with Crippen LogP contribution in [0.5, 0.6) is 5.75 Å². The molecular formula is C15H23NO6Si. The summed E-state index contributed by atoms with van der Waals surface area (Å²) in [5.74, 6) is -1.25. The molecule has 0 fully saturated rings. The van der Waals surface area contributed by atoms with Crippen LogP contribution < -0.4 is 4.74 Å². The molecule has 128 valence electrons. The van der Waals surface area contributed by atoms with E-state index in [4.69, 9.17) is 14.3 Å². The molecule has 0 radical (unpaired) electrons. The lowest BCUT2D eigenvalue weighted by atomic mass is 10.2. The SMILES string of the molecule is CC(C)(C)[Si](C)(C)OCc1ccc(OCC(=O)O)c([N+](=O)[O-])c1. The molecule has 1 aromatic carbocycles. The first-order valence-corrected chi connectivity index (χ1v) is 10.1. The molecule has 0 aliphatic carbocycles. The fourth-order valence-corrected chi connectivity index (χ4v) is 2.50. The van der Waals surface area contributed by atoms with Crippen molar-refractivity contribution in [2.45, 2.75) is 45.5 Å². The van der Waals surface area contributed by atoms with Gasteiger partial charge in [0, 0.05) is 6.07 Å². The Morgan fingerprint density at radius 3 is 2.43 bits per heavy atom. The normalized spacial score (nSPS) is 12.0. The van der Waals surface area contributed by atoms with Crippen molar-refractivity contribution in [1.29, 1.82) is 0 Å². The van der Waals surface area contributed by atoms with E-state index in [-0.39, 0.29) is 23.1 Å². The highest BCUT2D eigenvalue weighted by molar-refractivity contribution is 6.74. The predicted molar refractivity (Wildman–Crippen MR) is 88.2 cm³/mol. The van der Waals surface area contributed by atoms with Crippen molar-refractivity contribution in [2.24, 2.45) is 0 Å². The number of aliphatic carboxylic acids is 1. The van der Waals surface area contributed by atoms with Gasteiger partial charge in [-0.25, -0.2) is 4.79 Å². The van der Waals surface area contributed by atoms with E-state index >= 15 is 0 Å². The fourth-order valence-electron chi connectivity index (χ4n) is 1.54. The van der Waals surface area contributed by atoms with Gasteiger partial charge < -0.3 is 14.3 Å². The number of hydrogen-bond acceptors (Lipinski definition) is 5. The third-order valence-corrected chi connectivity index (χ3v) is 8.46. The summed E-state index contributed by atoms with van der Waals surface area (Å²) in [4.78, 5) is 21.1. The molecule has 0 heterocycles. The second kappa shape index (κ2) is 7.09. The maximum atomic E-state index is 11.1. The first kappa shape index (κ1) is 19.1. The van der Waals surface area contributed by atoms with Crippen molar-refractivity contribution in [3.63, 3.8) is 0 Å². The summed E-state index contributed by atoms with van der Waals surface area (Å²) >= 11 is 0. The van der Waals surface area contributed by atoms with Crippen LogP contribution in [0.2, 0.25) is 18.1 Å². The highest BCUT2D eigenvalue weighted by Crippen LogP contribution is 2.37. The number of ether oxygens (including phenoxy) is 1. The summed E-state index contributed by atoms with van der Waals surface area (Å²) in [6, 6.07) is 4.42. The number of nitrogens with zero attached hydrogens (tertiary/aromatic N) is 1. The van der Waals surface area contributed by atoms with E-state index in [1.165, 1.54) is 12.1 Å². The van der Waals surface area contributed by atoms with Gasteiger partial charge in [0.1, 0.15) is 0 Å². The van der Waals surface area contributed by atoms with Crippen LogP contribution in [0.1, 0.15) is 26.3 Å². The number of carbonyl (C=O) groups is 1. The number of nitro benzene ring substituents is 1. The molecule has 8 heteroatoms. The topological polar surface area (TPSA) is 98.9 Å². The van der Waals surface area contributed by atoms with Crippen LogP contribution in [-0.4, -0.2) is 30.9 Å². The summed E-state index contributed by atoms with van der Waals surface area (Å²) in [5.41, 5.74) is 0.395. The standard InChI is InChI=1S/C15H23NO6Si/c1-15(2,3)23(4,5)22-9-11-6-7-13(21-10-14(17)18)12(8-11)16(19)20/h6-8H,9-10H2,1-5H3,(H,17,18). The van der Waals surface area contributed by atoms with Crippen molar-refractivity contribution in [3.8, 4) is 5.75 Å². The molecule has 1 rings (SSSR count). The Balaban J connectivity index is 2.92. The largest absolute Gasteiger partial charge is 0.479 e. The third-order valence-electron chi connectivity index (χ3n) is 3.98. The zero-order valence-corrected chi connectivity index (χ0v) is 15.1. The van der Waals surface area contributed by atoms with E-state index in [1.807, 2.05) is 0 Å². The average molecular weight is 341 g/mol. The van der Waals surface area contributed by atoms with Crippen LogP contribution >= 0.6 is 0 Å². The molecule has 0 bridgehead atoms. The molecule has 0 aromatic heterocycles. The second-order valence-corrected chi connectivity index (χ2v) is 11.6. The van der Waals surface area contributed by atoms with Gasteiger partial charge in [0.05, 0.1) is 11.5 Å². The van der Waals surface area contributed by atoms with E-state index in [2.05, 4.69) is 33.9 Å². The Kier molecular flexibility index (Phi) is 5.90. The fraction of sp³-hybridized carbons (Fsp3) is 0.533. The van der Waals surface area contributed by atoms with Crippen LogP contribution in [0.15, 0.2) is 18.2 Å². The van der Waals surface area contributed by atoms with E-state index in [0.717, 1.165) is 0 Å². The average Bonchev–Trinajstić information content (AvgIpc) is 2.41. The van der Waals surface area contributed by atoms with Crippen LogP contribution in [-0.2, 0) is 15.8 Å². The van der Waals surface area contributed by atoms with Crippen LogP contribution in [0.4, 0.5) is 5.69 Å². The monoisotopic (exact) mass is 341 g/mol. The number of carboxylic acid groups (broad SMARTS) is 1.